The van der Waals surface area contributed by atoms with Gasteiger partial charge in [-0.1, -0.05) is 0 Å². The van der Waals surface area contributed by atoms with Crippen molar-refractivity contribution >= 4 is 33.1 Å². The number of nitrogens with one attached hydrogen (secondary N) is 1. The van der Waals surface area contributed by atoms with E-state index in [1.807, 2.05) is 5.38 Å². The Labute approximate surface area is 68.4 Å². The van der Waals surface area contributed by atoms with E-state index < -0.39 is 10.0 Å². The average Bonchev–Trinajstić information content (AvgIpc) is 2.31. The Morgan fingerprint density at radius 1 is 1.36 bits per heavy atom. The van der Waals surface area contributed by atoms with Crippen LogP contribution < -0.4 is 4.72 Å². The molecule has 3 nitrogen and oxygen atoms in total. The summed E-state index contributed by atoms with van der Waals surface area (Å²) in [5.41, 5.74) is 1.61. The third-order valence-electron chi connectivity index (χ3n) is 1.37. The average molecular weight is 187 g/mol. The smallest absolute Gasteiger partial charge is 0.255 e. The summed E-state index contributed by atoms with van der Waals surface area (Å²) in [7, 11) is -3.19. The molecule has 0 spiro atoms. The zero-order chi connectivity index (χ0) is 7.90. The first-order valence-corrected chi connectivity index (χ1v) is 5.43. The summed E-state index contributed by atoms with van der Waals surface area (Å²) in [6.07, 6.45) is 1.59. The van der Waals surface area contributed by atoms with Crippen LogP contribution in [0, 0.1) is 0 Å². The molecule has 2 heterocycles. The summed E-state index contributed by atoms with van der Waals surface area (Å²) in [5.74, 6) is 0. The quantitative estimate of drug-likeness (QED) is 0.668. The molecule has 0 amide bonds. The van der Waals surface area contributed by atoms with Crippen LogP contribution in [0.25, 0.3) is 6.08 Å². The summed E-state index contributed by atoms with van der Waals surface area (Å²) in [4.78, 5) is 0. The first-order chi connectivity index (χ1) is 5.17. The van der Waals surface area contributed by atoms with Crippen molar-refractivity contribution in [1.29, 1.82) is 0 Å². The summed E-state index contributed by atoms with van der Waals surface area (Å²) in [5, 5.41) is 4.84. The number of rotatable bonds is 0. The number of sulfonamides is 1. The Kier molecular flexibility index (Phi) is 1.30. The van der Waals surface area contributed by atoms with Crippen molar-refractivity contribution < 1.29 is 8.42 Å². The Morgan fingerprint density at radius 2 is 2.18 bits per heavy atom. The van der Waals surface area contributed by atoms with Crippen molar-refractivity contribution in [3.8, 4) is 0 Å². The molecule has 5 heteroatoms. The van der Waals surface area contributed by atoms with Crippen LogP contribution in [0.15, 0.2) is 16.2 Å². The van der Waals surface area contributed by atoms with Gasteiger partial charge in [-0.15, -0.1) is 11.3 Å². The highest BCUT2D eigenvalue weighted by Gasteiger charge is 2.13. The first-order valence-electron chi connectivity index (χ1n) is 2.94. The zero-order valence-electron chi connectivity index (χ0n) is 5.44. The molecule has 0 aromatic carbocycles. The predicted octanol–water partition coefficient (Wildman–Crippen LogP) is 1.47. The number of fused-ring (bicyclic) bond motifs is 1. The van der Waals surface area contributed by atoms with E-state index >= 15 is 0 Å². The molecule has 58 valence electrons. The Bertz CT molecular complexity index is 402. The van der Waals surface area contributed by atoms with Crippen LogP contribution in [-0.2, 0) is 10.0 Å². The van der Waals surface area contributed by atoms with E-state index in [1.165, 1.54) is 16.7 Å². The molecule has 0 radical (unpaired) electrons. The fraction of sp³-hybridized carbons (Fsp3) is 0. The maximum absolute atomic E-state index is 10.9. The molecular weight excluding hydrogens is 182 g/mol. The maximum atomic E-state index is 10.9. The minimum Gasteiger partial charge on any atom is -0.279 e. The van der Waals surface area contributed by atoms with Gasteiger partial charge >= 0.3 is 0 Å². The highest BCUT2D eigenvalue weighted by Crippen LogP contribution is 2.27. The second-order valence-electron chi connectivity index (χ2n) is 2.19. The van der Waals surface area contributed by atoms with Gasteiger partial charge in [0.15, 0.2) is 0 Å². The molecule has 0 unspecified atom stereocenters. The molecule has 11 heavy (non-hydrogen) atoms. The van der Waals surface area contributed by atoms with Gasteiger partial charge in [0.05, 0.1) is 11.1 Å². The fourth-order valence-electron chi connectivity index (χ4n) is 0.869. The molecule has 0 fully saturated rings. The third kappa shape index (κ3) is 1.17. The predicted molar refractivity (Wildman–Crippen MR) is 45.9 cm³/mol. The number of anilines is 1. The van der Waals surface area contributed by atoms with Crippen LogP contribution in [0.3, 0.4) is 0 Å². The van der Waals surface area contributed by atoms with Gasteiger partial charge < -0.3 is 0 Å². The highest BCUT2D eigenvalue weighted by molar-refractivity contribution is 7.95. The topological polar surface area (TPSA) is 46.2 Å². The van der Waals surface area contributed by atoms with Gasteiger partial charge in [0, 0.05) is 16.3 Å². The summed E-state index contributed by atoms with van der Waals surface area (Å²) < 4.78 is 24.2. The van der Waals surface area contributed by atoms with Crippen molar-refractivity contribution in [2.45, 2.75) is 0 Å². The molecule has 1 aliphatic rings. The third-order valence-corrected chi connectivity index (χ3v) is 3.13. The van der Waals surface area contributed by atoms with Gasteiger partial charge in [-0.2, -0.15) is 0 Å². The maximum Gasteiger partial charge on any atom is 0.255 e. The lowest BCUT2D eigenvalue weighted by Crippen LogP contribution is -2.11. The Hall–Kier alpha value is -0.810. The van der Waals surface area contributed by atoms with Crippen LogP contribution in [0.1, 0.15) is 5.56 Å². The molecule has 0 atom stereocenters. The number of hydrogen-bond acceptors (Lipinski definition) is 3. The fourth-order valence-corrected chi connectivity index (χ4v) is 2.57. The van der Waals surface area contributed by atoms with Crippen molar-refractivity contribution in [2.24, 2.45) is 0 Å². The normalized spacial score (nSPS) is 18.9. The molecule has 1 aromatic heterocycles. The van der Waals surface area contributed by atoms with E-state index in [1.54, 1.807) is 11.5 Å². The summed E-state index contributed by atoms with van der Waals surface area (Å²) in [6, 6.07) is 0. The Morgan fingerprint density at radius 3 is 3.00 bits per heavy atom. The molecule has 0 saturated heterocycles. The first kappa shape index (κ1) is 6.87. The van der Waals surface area contributed by atoms with Crippen molar-refractivity contribution in [1.82, 2.24) is 0 Å². The van der Waals surface area contributed by atoms with Crippen LogP contribution >= 0.6 is 11.3 Å². The van der Waals surface area contributed by atoms with E-state index in [0.29, 0.717) is 5.69 Å². The zero-order valence-corrected chi connectivity index (χ0v) is 7.08. The SMILES string of the molecule is O=S1(=O)C=Cc2cscc2N1. The van der Waals surface area contributed by atoms with Crippen LogP contribution in [0.5, 0.6) is 0 Å². The lowest BCUT2D eigenvalue weighted by Gasteiger charge is -2.07. The van der Waals surface area contributed by atoms with E-state index in [9.17, 15) is 8.42 Å². The molecule has 0 bridgehead atoms. The molecular formula is C6H5NO2S2. The van der Waals surface area contributed by atoms with E-state index in [4.69, 9.17) is 0 Å². The van der Waals surface area contributed by atoms with Gasteiger partial charge in [0.2, 0.25) is 0 Å². The van der Waals surface area contributed by atoms with Crippen molar-refractivity contribution in [3.05, 3.63) is 21.7 Å². The van der Waals surface area contributed by atoms with Gasteiger partial charge in [-0.05, 0) is 6.08 Å². The minimum absolute atomic E-state index is 0.678. The van der Waals surface area contributed by atoms with E-state index in [2.05, 4.69) is 4.72 Å². The second-order valence-corrected chi connectivity index (χ2v) is 4.50. The van der Waals surface area contributed by atoms with Gasteiger partial charge in [-0.25, -0.2) is 8.42 Å². The summed E-state index contributed by atoms with van der Waals surface area (Å²) >= 11 is 1.48. The largest absolute Gasteiger partial charge is 0.279 e. The molecule has 0 aliphatic carbocycles. The monoisotopic (exact) mass is 187 g/mol. The molecule has 1 N–H and O–H groups in total. The van der Waals surface area contributed by atoms with Crippen LogP contribution in [-0.4, -0.2) is 8.42 Å². The molecule has 1 aliphatic heterocycles. The van der Waals surface area contributed by atoms with Crippen molar-refractivity contribution in [3.63, 3.8) is 0 Å². The second kappa shape index (κ2) is 2.09. The van der Waals surface area contributed by atoms with Gasteiger partial charge in [0.25, 0.3) is 10.0 Å². The van der Waals surface area contributed by atoms with E-state index in [-0.39, 0.29) is 0 Å². The highest BCUT2D eigenvalue weighted by atomic mass is 32.2. The van der Waals surface area contributed by atoms with Gasteiger partial charge in [0.1, 0.15) is 0 Å². The minimum atomic E-state index is -3.19. The van der Waals surface area contributed by atoms with E-state index in [0.717, 1.165) is 5.56 Å². The number of hydrogen-bond donors (Lipinski definition) is 1. The molecule has 0 saturated carbocycles. The lowest BCUT2D eigenvalue weighted by molar-refractivity contribution is 0.609. The Balaban J connectivity index is 2.60. The molecule has 1 aromatic rings. The number of thiophene rings is 1. The van der Waals surface area contributed by atoms with Gasteiger partial charge in [-0.3, -0.25) is 4.72 Å². The lowest BCUT2D eigenvalue weighted by atomic mass is 10.3. The molecule has 2 rings (SSSR count). The standard InChI is InChI=1S/C6H5NO2S2/c8-11(9)2-1-5-3-10-4-6(5)7-11/h1-4,7H. The summed E-state index contributed by atoms with van der Waals surface area (Å²) in [6.45, 7) is 0. The van der Waals surface area contributed by atoms with Crippen molar-refractivity contribution in [2.75, 3.05) is 4.72 Å². The van der Waals surface area contributed by atoms with Crippen LogP contribution in [0.4, 0.5) is 5.69 Å². The van der Waals surface area contributed by atoms with Crippen LogP contribution in [0.2, 0.25) is 0 Å².